The Hall–Kier alpha value is 0.195. The molecule has 0 bridgehead atoms. The number of thiophene rings is 1. The Kier molecular flexibility index (Phi) is 2.70. The molecule has 0 amide bonds. The fraction of sp³-hybridized carbons (Fsp3) is 0.556. The van der Waals surface area contributed by atoms with Crippen molar-refractivity contribution in [3.8, 4) is 0 Å². The average molecular weight is 197 g/mol. The van der Waals surface area contributed by atoms with Crippen LogP contribution >= 0.6 is 18.5 Å². The number of hydrogen-bond donors (Lipinski definition) is 0. The maximum absolute atomic E-state index is 6.38. The first kappa shape index (κ1) is 10.3. The molecular formula is C9H15BPS+. The van der Waals surface area contributed by atoms with E-state index in [0.29, 0.717) is 0 Å². The van der Waals surface area contributed by atoms with Crippen molar-refractivity contribution in [1.82, 2.24) is 0 Å². The van der Waals surface area contributed by atoms with Gasteiger partial charge in [-0.25, -0.2) is 0 Å². The van der Waals surface area contributed by atoms with Crippen LogP contribution in [0.25, 0.3) is 0 Å². The largest absolute Gasteiger partial charge is 0.371 e. The third kappa shape index (κ3) is 1.75. The van der Waals surface area contributed by atoms with Crippen LogP contribution in [-0.2, 0) is 0 Å². The Morgan fingerprint density at radius 3 is 2.33 bits per heavy atom. The quantitative estimate of drug-likeness (QED) is 0.479. The van der Waals surface area contributed by atoms with Gasteiger partial charge in [-0.15, -0.1) is 11.3 Å². The Bertz CT molecular complexity index is 246. The Morgan fingerprint density at radius 2 is 2.00 bits per heavy atom. The van der Waals surface area contributed by atoms with Crippen LogP contribution < -0.4 is 5.30 Å². The molecule has 1 rings (SSSR count). The molecule has 1 unspecified atom stereocenters. The molecule has 1 heterocycles. The molecule has 0 N–H and O–H groups in total. The van der Waals surface area contributed by atoms with Gasteiger partial charge in [-0.05, 0) is 39.4 Å². The van der Waals surface area contributed by atoms with Gasteiger partial charge >= 0.3 is 7.57 Å². The normalized spacial score (nSPS) is 17.3. The lowest BCUT2D eigenvalue weighted by Crippen LogP contribution is -2.27. The lowest BCUT2D eigenvalue weighted by molar-refractivity contribution is 0.787. The highest BCUT2D eigenvalue weighted by Crippen LogP contribution is 2.60. The minimum atomic E-state index is -1.42. The summed E-state index contributed by atoms with van der Waals surface area (Å²) in [7, 11) is 4.96. The smallest absolute Gasteiger partial charge is 0.148 e. The molecule has 12 heavy (non-hydrogen) atoms. The Labute approximate surface area is 81.1 Å². The maximum atomic E-state index is 6.38. The second-order valence-electron chi connectivity index (χ2n) is 4.23. The third-order valence-electron chi connectivity index (χ3n) is 2.44. The highest BCUT2D eigenvalue weighted by atomic mass is 32.1. The molecule has 1 atom stereocenters. The predicted molar refractivity (Wildman–Crippen MR) is 62.3 cm³/mol. The minimum Gasteiger partial charge on any atom is -0.148 e. The third-order valence-corrected chi connectivity index (χ3v) is 7.43. The summed E-state index contributed by atoms with van der Waals surface area (Å²) in [6.45, 7) is 8.87. The van der Waals surface area contributed by atoms with Crippen molar-refractivity contribution in [2.75, 3.05) is 6.66 Å². The van der Waals surface area contributed by atoms with Crippen molar-refractivity contribution in [2.24, 2.45) is 0 Å². The van der Waals surface area contributed by atoms with E-state index in [9.17, 15) is 0 Å². The molecule has 64 valence electrons. The molecule has 0 aliphatic carbocycles. The lowest BCUT2D eigenvalue weighted by Gasteiger charge is -2.31. The van der Waals surface area contributed by atoms with Gasteiger partial charge in [0, 0.05) is 12.0 Å². The molecule has 0 fully saturated rings. The first-order chi connectivity index (χ1) is 5.36. The van der Waals surface area contributed by atoms with Crippen LogP contribution in [0.5, 0.6) is 0 Å². The van der Waals surface area contributed by atoms with Crippen LogP contribution in [0, 0.1) is 0 Å². The molecule has 0 saturated carbocycles. The van der Waals surface area contributed by atoms with Crippen LogP contribution in [0.1, 0.15) is 20.8 Å². The highest BCUT2D eigenvalue weighted by molar-refractivity contribution is 8.03. The molecule has 0 aromatic carbocycles. The molecule has 0 saturated heterocycles. The molecule has 1 aromatic heterocycles. The van der Waals surface area contributed by atoms with E-state index in [-0.39, 0.29) is 5.16 Å². The van der Waals surface area contributed by atoms with Gasteiger partial charge in [0.15, 0.2) is 0 Å². The minimum absolute atomic E-state index is 0.216. The molecule has 1 aromatic rings. The monoisotopic (exact) mass is 197 g/mol. The first-order valence-corrected chi connectivity index (χ1v) is 7.28. The Morgan fingerprint density at radius 1 is 1.42 bits per heavy atom. The molecule has 0 spiro atoms. The zero-order chi connectivity index (χ0) is 9.41. The van der Waals surface area contributed by atoms with Gasteiger partial charge in [0.05, 0.1) is 10.5 Å². The molecule has 0 nitrogen and oxygen atoms in total. The molecule has 0 aliphatic rings. The fourth-order valence-corrected chi connectivity index (χ4v) is 3.75. The summed E-state index contributed by atoms with van der Waals surface area (Å²) in [4.78, 5) is 0. The van der Waals surface area contributed by atoms with E-state index in [4.69, 9.17) is 7.57 Å². The van der Waals surface area contributed by atoms with Crippen molar-refractivity contribution in [3.63, 3.8) is 0 Å². The van der Waals surface area contributed by atoms with Crippen molar-refractivity contribution < 1.29 is 0 Å². The molecule has 2 radical (unpaired) electrons. The van der Waals surface area contributed by atoms with Crippen molar-refractivity contribution >= 4 is 31.3 Å². The van der Waals surface area contributed by atoms with Gasteiger partial charge in [0.25, 0.3) is 0 Å². The zero-order valence-corrected chi connectivity index (χ0v) is 9.88. The summed E-state index contributed by atoms with van der Waals surface area (Å²) in [5, 5.41) is 5.85. The van der Waals surface area contributed by atoms with Gasteiger partial charge < -0.3 is 0 Å². The summed E-state index contributed by atoms with van der Waals surface area (Å²) in [5.41, 5.74) is 0. The predicted octanol–water partition coefficient (Wildman–Crippen LogP) is 2.90. The van der Waals surface area contributed by atoms with Gasteiger partial charge in [-0.1, -0.05) is 0 Å². The Balaban J connectivity index is 3.02. The summed E-state index contributed by atoms with van der Waals surface area (Å²) in [5.74, 6) is 0. The van der Waals surface area contributed by atoms with Crippen LogP contribution in [0.3, 0.4) is 0 Å². The lowest BCUT2D eigenvalue weighted by atomic mass is 10.3. The van der Waals surface area contributed by atoms with E-state index in [1.165, 1.54) is 5.30 Å². The fourth-order valence-electron chi connectivity index (χ4n) is 0.909. The summed E-state index contributed by atoms with van der Waals surface area (Å²) in [6.07, 6.45) is 0. The van der Waals surface area contributed by atoms with Crippen LogP contribution in [-0.4, -0.2) is 19.4 Å². The standard InChI is InChI=1S/C9H15BPS/c1-9(2,3)11(4,10)8-5-6-12-7-8/h5-7H,1-4H3/q+1. The van der Waals surface area contributed by atoms with E-state index in [1.54, 1.807) is 11.3 Å². The second-order valence-corrected chi connectivity index (χ2v) is 9.02. The van der Waals surface area contributed by atoms with Gasteiger partial charge in [-0.2, -0.15) is 0 Å². The van der Waals surface area contributed by atoms with Crippen LogP contribution in [0.15, 0.2) is 16.8 Å². The van der Waals surface area contributed by atoms with Gasteiger partial charge in [0.2, 0.25) is 0 Å². The first-order valence-electron chi connectivity index (χ1n) is 4.03. The van der Waals surface area contributed by atoms with E-state index in [1.807, 2.05) is 0 Å². The zero-order valence-electron chi connectivity index (χ0n) is 8.16. The van der Waals surface area contributed by atoms with Crippen LogP contribution in [0.4, 0.5) is 0 Å². The average Bonchev–Trinajstić information content (AvgIpc) is 2.34. The molecule has 3 heteroatoms. The van der Waals surface area contributed by atoms with Gasteiger partial charge in [-0.3, -0.25) is 0 Å². The van der Waals surface area contributed by atoms with E-state index in [0.717, 1.165) is 0 Å². The van der Waals surface area contributed by atoms with E-state index in [2.05, 4.69) is 44.3 Å². The number of hydrogen-bond acceptors (Lipinski definition) is 1. The van der Waals surface area contributed by atoms with Crippen molar-refractivity contribution in [1.29, 1.82) is 0 Å². The van der Waals surface area contributed by atoms with E-state index < -0.39 is 7.14 Å². The topological polar surface area (TPSA) is 0 Å². The molecular weight excluding hydrogens is 182 g/mol. The molecule has 0 aliphatic heterocycles. The van der Waals surface area contributed by atoms with Crippen molar-refractivity contribution in [2.45, 2.75) is 25.9 Å². The summed E-state index contributed by atoms with van der Waals surface area (Å²) >= 11 is 1.73. The van der Waals surface area contributed by atoms with Crippen LogP contribution in [0.2, 0.25) is 0 Å². The highest BCUT2D eigenvalue weighted by Gasteiger charge is 2.41. The summed E-state index contributed by atoms with van der Waals surface area (Å²) < 4.78 is 0. The summed E-state index contributed by atoms with van der Waals surface area (Å²) in [6, 6.07) is 2.16. The van der Waals surface area contributed by atoms with Crippen molar-refractivity contribution in [3.05, 3.63) is 16.8 Å². The van der Waals surface area contributed by atoms with E-state index >= 15 is 0 Å². The van der Waals surface area contributed by atoms with Gasteiger partial charge in [0.1, 0.15) is 0 Å². The number of rotatable bonds is 1. The maximum Gasteiger partial charge on any atom is 0.371 e. The SMILES string of the molecule is [B][P+](C)(c1ccsc1)C(C)(C)C. The second kappa shape index (κ2) is 3.16.